The maximum atomic E-state index is 7.14. The van der Waals surface area contributed by atoms with Crippen LogP contribution in [0.15, 0.2) is 42.5 Å². The number of nitrogens with one attached hydrogen (secondary N) is 2. The van der Waals surface area contributed by atoms with Crippen LogP contribution in [0.25, 0.3) is 0 Å². The maximum absolute atomic E-state index is 7.14. The Balaban J connectivity index is 2.01. The highest BCUT2D eigenvalue weighted by Crippen LogP contribution is 2.26. The summed E-state index contributed by atoms with van der Waals surface area (Å²) in [6.07, 6.45) is 0. The highest BCUT2D eigenvalue weighted by Gasteiger charge is 2.05. The first-order valence-electron chi connectivity index (χ1n) is 6.29. The molecule has 6 heteroatoms. The van der Waals surface area contributed by atoms with Crippen LogP contribution < -0.4 is 15.8 Å². The number of hydrogen-bond acceptors (Lipinski definition) is 2. The lowest BCUT2D eigenvalue weighted by Crippen LogP contribution is -2.29. The third-order valence-corrected chi connectivity index (χ3v) is 3.67. The van der Waals surface area contributed by atoms with E-state index in [1.54, 1.807) is 6.07 Å². The molecule has 21 heavy (non-hydrogen) atoms. The van der Waals surface area contributed by atoms with Crippen LogP contribution in [0, 0.1) is 5.41 Å². The van der Waals surface area contributed by atoms with E-state index < -0.39 is 0 Å². The number of halogens is 2. The molecule has 0 amide bonds. The number of guanidine groups is 1. The van der Waals surface area contributed by atoms with Crippen molar-refractivity contribution in [2.75, 3.05) is 0 Å². The van der Waals surface area contributed by atoms with Crippen molar-refractivity contribution in [1.82, 2.24) is 5.32 Å². The number of rotatable bonds is 5. The van der Waals surface area contributed by atoms with Gasteiger partial charge in [0.05, 0.1) is 10.0 Å². The van der Waals surface area contributed by atoms with E-state index in [-0.39, 0.29) is 5.96 Å². The third kappa shape index (κ3) is 4.55. The Kier molecular flexibility index (Phi) is 5.31. The summed E-state index contributed by atoms with van der Waals surface area (Å²) in [5, 5.41) is 10.9. The van der Waals surface area contributed by atoms with Gasteiger partial charge in [0.25, 0.3) is 0 Å². The molecule has 0 aromatic heterocycles. The van der Waals surface area contributed by atoms with Crippen LogP contribution in [0.2, 0.25) is 10.0 Å². The molecular formula is C15H15Cl2N3O. The number of hydrogen-bond donors (Lipinski definition) is 3. The van der Waals surface area contributed by atoms with E-state index in [0.717, 1.165) is 11.1 Å². The van der Waals surface area contributed by atoms with Crippen molar-refractivity contribution in [1.29, 1.82) is 5.41 Å². The molecule has 0 aliphatic carbocycles. The minimum absolute atomic E-state index is 0.0629. The third-order valence-electron chi connectivity index (χ3n) is 2.81. The lowest BCUT2D eigenvalue weighted by molar-refractivity contribution is 0.306. The SMILES string of the molecule is N=C(N)NCc1cccc(OCc2cccc(Cl)c2Cl)c1. The molecule has 0 unspecified atom stereocenters. The Morgan fingerprint density at radius 3 is 2.71 bits per heavy atom. The summed E-state index contributed by atoms with van der Waals surface area (Å²) < 4.78 is 5.72. The molecule has 0 heterocycles. The van der Waals surface area contributed by atoms with Gasteiger partial charge in [-0.25, -0.2) is 0 Å². The van der Waals surface area contributed by atoms with Crippen LogP contribution in [0.5, 0.6) is 5.75 Å². The number of benzene rings is 2. The van der Waals surface area contributed by atoms with E-state index in [0.29, 0.717) is 28.9 Å². The Bertz CT molecular complexity index is 647. The lowest BCUT2D eigenvalue weighted by Gasteiger charge is -2.10. The van der Waals surface area contributed by atoms with Crippen LogP contribution in [0.4, 0.5) is 0 Å². The smallest absolute Gasteiger partial charge is 0.185 e. The van der Waals surface area contributed by atoms with Gasteiger partial charge in [-0.1, -0.05) is 47.5 Å². The zero-order chi connectivity index (χ0) is 15.2. The molecule has 0 saturated carbocycles. The van der Waals surface area contributed by atoms with Crippen molar-refractivity contribution >= 4 is 29.2 Å². The van der Waals surface area contributed by atoms with Crippen molar-refractivity contribution in [2.45, 2.75) is 13.2 Å². The summed E-state index contributed by atoms with van der Waals surface area (Å²) in [5.41, 5.74) is 7.06. The van der Waals surface area contributed by atoms with Gasteiger partial charge in [0.1, 0.15) is 12.4 Å². The fourth-order valence-electron chi connectivity index (χ4n) is 1.76. The summed E-state index contributed by atoms with van der Waals surface area (Å²) >= 11 is 12.1. The fourth-order valence-corrected chi connectivity index (χ4v) is 2.14. The van der Waals surface area contributed by atoms with Gasteiger partial charge >= 0.3 is 0 Å². The minimum Gasteiger partial charge on any atom is -0.489 e. The quantitative estimate of drug-likeness (QED) is 0.582. The van der Waals surface area contributed by atoms with E-state index in [1.807, 2.05) is 36.4 Å². The Morgan fingerprint density at radius 1 is 1.19 bits per heavy atom. The van der Waals surface area contributed by atoms with E-state index in [2.05, 4.69) is 5.32 Å². The number of ether oxygens (including phenoxy) is 1. The van der Waals surface area contributed by atoms with Gasteiger partial charge in [-0.2, -0.15) is 0 Å². The molecule has 0 atom stereocenters. The first kappa shape index (κ1) is 15.5. The average molecular weight is 324 g/mol. The van der Waals surface area contributed by atoms with Crippen molar-refractivity contribution < 1.29 is 4.74 Å². The van der Waals surface area contributed by atoms with Gasteiger partial charge in [-0.3, -0.25) is 5.41 Å². The minimum atomic E-state index is -0.0629. The zero-order valence-electron chi connectivity index (χ0n) is 11.2. The first-order valence-corrected chi connectivity index (χ1v) is 7.04. The molecular weight excluding hydrogens is 309 g/mol. The summed E-state index contributed by atoms with van der Waals surface area (Å²) in [5.74, 6) is 0.654. The molecule has 4 nitrogen and oxygen atoms in total. The number of nitrogens with two attached hydrogens (primary N) is 1. The monoisotopic (exact) mass is 323 g/mol. The average Bonchev–Trinajstić information content (AvgIpc) is 2.47. The van der Waals surface area contributed by atoms with Crippen molar-refractivity contribution in [3.63, 3.8) is 0 Å². The zero-order valence-corrected chi connectivity index (χ0v) is 12.7. The molecule has 110 valence electrons. The molecule has 2 rings (SSSR count). The topological polar surface area (TPSA) is 71.1 Å². The summed E-state index contributed by atoms with van der Waals surface area (Å²) in [4.78, 5) is 0. The standard InChI is InChI=1S/C15H15Cl2N3O/c16-13-6-2-4-11(14(13)17)9-21-12-5-1-3-10(7-12)8-20-15(18)19/h1-7H,8-9H2,(H4,18,19,20). The molecule has 0 aliphatic heterocycles. The summed E-state index contributed by atoms with van der Waals surface area (Å²) in [7, 11) is 0. The molecule has 0 aliphatic rings. The normalized spacial score (nSPS) is 10.2. The van der Waals surface area contributed by atoms with Crippen LogP contribution >= 0.6 is 23.2 Å². The van der Waals surface area contributed by atoms with E-state index >= 15 is 0 Å². The van der Waals surface area contributed by atoms with Crippen molar-refractivity contribution in [3.05, 3.63) is 63.6 Å². The highest BCUT2D eigenvalue weighted by molar-refractivity contribution is 6.42. The summed E-state index contributed by atoms with van der Waals surface area (Å²) in [6.45, 7) is 0.813. The molecule has 2 aromatic rings. The largest absolute Gasteiger partial charge is 0.489 e. The Morgan fingerprint density at radius 2 is 1.95 bits per heavy atom. The molecule has 4 N–H and O–H groups in total. The fraction of sp³-hybridized carbons (Fsp3) is 0.133. The predicted octanol–water partition coefficient (Wildman–Crippen LogP) is 3.56. The molecule has 0 spiro atoms. The van der Waals surface area contributed by atoms with Gasteiger partial charge in [-0.15, -0.1) is 0 Å². The van der Waals surface area contributed by atoms with Gasteiger partial charge in [0, 0.05) is 12.1 Å². The maximum Gasteiger partial charge on any atom is 0.185 e. The van der Waals surface area contributed by atoms with Gasteiger partial charge < -0.3 is 15.8 Å². The molecule has 0 saturated heterocycles. The lowest BCUT2D eigenvalue weighted by atomic mass is 10.2. The molecule has 0 bridgehead atoms. The first-order chi connectivity index (χ1) is 10.1. The second kappa shape index (κ2) is 7.20. The van der Waals surface area contributed by atoms with Crippen LogP contribution in [-0.2, 0) is 13.2 Å². The van der Waals surface area contributed by atoms with Crippen LogP contribution in [0.1, 0.15) is 11.1 Å². The van der Waals surface area contributed by atoms with E-state index in [9.17, 15) is 0 Å². The second-order valence-electron chi connectivity index (χ2n) is 4.42. The summed E-state index contributed by atoms with van der Waals surface area (Å²) in [6, 6.07) is 13.0. The van der Waals surface area contributed by atoms with Crippen LogP contribution in [-0.4, -0.2) is 5.96 Å². The second-order valence-corrected chi connectivity index (χ2v) is 5.20. The Labute approximate surface area is 133 Å². The molecule has 0 radical (unpaired) electrons. The highest BCUT2D eigenvalue weighted by atomic mass is 35.5. The molecule has 0 fully saturated rings. The van der Waals surface area contributed by atoms with Gasteiger partial charge in [0.2, 0.25) is 0 Å². The van der Waals surface area contributed by atoms with E-state index in [1.165, 1.54) is 0 Å². The van der Waals surface area contributed by atoms with Gasteiger partial charge in [-0.05, 0) is 23.8 Å². The van der Waals surface area contributed by atoms with Gasteiger partial charge in [0.15, 0.2) is 5.96 Å². The predicted molar refractivity (Wildman–Crippen MR) is 86.0 cm³/mol. The van der Waals surface area contributed by atoms with Crippen molar-refractivity contribution in [3.8, 4) is 5.75 Å². The van der Waals surface area contributed by atoms with Crippen LogP contribution in [0.3, 0.4) is 0 Å². The van der Waals surface area contributed by atoms with E-state index in [4.69, 9.17) is 39.1 Å². The van der Waals surface area contributed by atoms with Crippen molar-refractivity contribution in [2.24, 2.45) is 5.73 Å². The Hall–Kier alpha value is -1.91. The molecule has 2 aromatic carbocycles.